The lowest BCUT2D eigenvalue weighted by Gasteiger charge is -2.27. The molecular formula is C23H28O. The van der Waals surface area contributed by atoms with Gasteiger partial charge in [0.25, 0.3) is 0 Å². The molecule has 0 radical (unpaired) electrons. The van der Waals surface area contributed by atoms with Crippen LogP contribution in [0.4, 0.5) is 0 Å². The van der Waals surface area contributed by atoms with Gasteiger partial charge < -0.3 is 4.74 Å². The first-order chi connectivity index (χ1) is 11.8. The van der Waals surface area contributed by atoms with Crippen LogP contribution in [0.25, 0.3) is 11.1 Å². The normalized spacial score (nSPS) is 20.7. The van der Waals surface area contributed by atoms with Gasteiger partial charge in [0.1, 0.15) is 0 Å². The van der Waals surface area contributed by atoms with Gasteiger partial charge in [-0.15, -0.1) is 6.58 Å². The number of rotatable bonds is 6. The van der Waals surface area contributed by atoms with Gasteiger partial charge in [-0.1, -0.05) is 54.6 Å². The van der Waals surface area contributed by atoms with Crippen LogP contribution >= 0.6 is 0 Å². The Morgan fingerprint density at radius 2 is 1.50 bits per heavy atom. The van der Waals surface area contributed by atoms with Crippen LogP contribution in [0.5, 0.6) is 0 Å². The van der Waals surface area contributed by atoms with Gasteiger partial charge in [0.15, 0.2) is 0 Å². The van der Waals surface area contributed by atoms with Crippen molar-refractivity contribution in [2.24, 2.45) is 5.92 Å². The molecular weight excluding hydrogens is 292 g/mol. The highest BCUT2D eigenvalue weighted by atomic mass is 16.5. The summed E-state index contributed by atoms with van der Waals surface area (Å²) in [6.07, 6.45) is 7.30. The van der Waals surface area contributed by atoms with Crippen LogP contribution in [0.1, 0.15) is 49.7 Å². The molecule has 1 aliphatic rings. The van der Waals surface area contributed by atoms with E-state index in [4.69, 9.17) is 4.74 Å². The Balaban J connectivity index is 1.65. The van der Waals surface area contributed by atoms with Gasteiger partial charge in [-0.25, -0.2) is 0 Å². The summed E-state index contributed by atoms with van der Waals surface area (Å²) in [7, 11) is 0. The second-order valence-corrected chi connectivity index (χ2v) is 6.80. The summed E-state index contributed by atoms with van der Waals surface area (Å²) < 4.78 is 5.46. The molecule has 2 aromatic rings. The molecule has 126 valence electrons. The van der Waals surface area contributed by atoms with Crippen molar-refractivity contribution in [1.82, 2.24) is 0 Å². The SMILES string of the molecule is C=C[C@H]1CC[C@H](c2ccc(-c3ccc(COCC)cc3)cc2)CC1. The van der Waals surface area contributed by atoms with E-state index in [1.807, 2.05) is 6.92 Å². The molecule has 0 bridgehead atoms. The first kappa shape index (κ1) is 17.0. The third-order valence-corrected chi connectivity index (χ3v) is 5.25. The fraction of sp³-hybridized carbons (Fsp3) is 0.391. The van der Waals surface area contributed by atoms with E-state index >= 15 is 0 Å². The Morgan fingerprint density at radius 1 is 0.917 bits per heavy atom. The molecule has 24 heavy (non-hydrogen) atoms. The van der Waals surface area contributed by atoms with Crippen LogP contribution in [0.15, 0.2) is 61.2 Å². The Kier molecular flexibility index (Phi) is 5.87. The first-order valence-corrected chi connectivity index (χ1v) is 9.19. The van der Waals surface area contributed by atoms with Gasteiger partial charge in [0, 0.05) is 6.61 Å². The lowest BCUT2D eigenvalue weighted by molar-refractivity contribution is 0.134. The molecule has 0 amide bonds. The van der Waals surface area contributed by atoms with Gasteiger partial charge >= 0.3 is 0 Å². The molecule has 0 spiro atoms. The van der Waals surface area contributed by atoms with Crippen molar-refractivity contribution in [2.75, 3.05) is 6.61 Å². The van der Waals surface area contributed by atoms with E-state index in [-0.39, 0.29) is 0 Å². The minimum absolute atomic E-state index is 0.698. The molecule has 0 heterocycles. The van der Waals surface area contributed by atoms with Gasteiger partial charge in [0.05, 0.1) is 6.61 Å². The predicted octanol–water partition coefficient (Wildman–Crippen LogP) is 6.35. The van der Waals surface area contributed by atoms with Crippen molar-refractivity contribution >= 4 is 0 Å². The molecule has 1 heteroatoms. The van der Waals surface area contributed by atoms with E-state index in [0.717, 1.165) is 18.4 Å². The Morgan fingerprint density at radius 3 is 2.04 bits per heavy atom. The molecule has 0 atom stereocenters. The highest BCUT2D eigenvalue weighted by Crippen LogP contribution is 2.36. The summed E-state index contributed by atoms with van der Waals surface area (Å²) in [4.78, 5) is 0. The number of hydrogen-bond acceptors (Lipinski definition) is 1. The average Bonchev–Trinajstić information content (AvgIpc) is 2.67. The van der Waals surface area contributed by atoms with Crippen LogP contribution in [0, 0.1) is 5.92 Å². The standard InChI is InChI=1S/C23H28O/c1-3-18-5-9-20(10-6-18)22-13-15-23(16-14-22)21-11-7-19(8-12-21)17-24-4-2/h3,7-8,11-16,18,20H,1,4-6,9-10,17H2,2H3/t18-,20-. The van der Waals surface area contributed by atoms with Crippen molar-refractivity contribution in [3.05, 3.63) is 72.3 Å². The molecule has 0 N–H and O–H groups in total. The smallest absolute Gasteiger partial charge is 0.0716 e. The second-order valence-electron chi connectivity index (χ2n) is 6.80. The zero-order chi connectivity index (χ0) is 16.8. The third-order valence-electron chi connectivity index (χ3n) is 5.25. The summed E-state index contributed by atoms with van der Waals surface area (Å²) in [5, 5.41) is 0. The fourth-order valence-corrected chi connectivity index (χ4v) is 3.65. The van der Waals surface area contributed by atoms with E-state index in [9.17, 15) is 0 Å². The maximum Gasteiger partial charge on any atom is 0.0716 e. The Labute approximate surface area is 146 Å². The van der Waals surface area contributed by atoms with E-state index < -0.39 is 0 Å². The van der Waals surface area contributed by atoms with Gasteiger partial charge in [-0.3, -0.25) is 0 Å². The largest absolute Gasteiger partial charge is 0.377 e. The molecule has 1 aliphatic carbocycles. The van der Waals surface area contributed by atoms with Gasteiger partial charge in [-0.05, 0) is 66.7 Å². The third kappa shape index (κ3) is 4.15. The lowest BCUT2D eigenvalue weighted by Crippen LogP contribution is -2.11. The summed E-state index contributed by atoms with van der Waals surface area (Å²) in [6, 6.07) is 17.9. The first-order valence-electron chi connectivity index (χ1n) is 9.19. The molecule has 0 aromatic heterocycles. The van der Waals surface area contributed by atoms with Crippen LogP contribution in [-0.2, 0) is 11.3 Å². The van der Waals surface area contributed by atoms with E-state index in [1.54, 1.807) is 0 Å². The molecule has 1 fully saturated rings. The highest BCUT2D eigenvalue weighted by molar-refractivity contribution is 5.64. The molecule has 0 saturated heterocycles. The Hall–Kier alpha value is -1.86. The molecule has 3 rings (SSSR count). The maximum absolute atomic E-state index is 5.46. The number of ether oxygens (including phenoxy) is 1. The summed E-state index contributed by atoms with van der Waals surface area (Å²) in [5.41, 5.74) is 5.30. The number of allylic oxidation sites excluding steroid dienone is 1. The zero-order valence-corrected chi connectivity index (χ0v) is 14.7. The number of benzene rings is 2. The van der Waals surface area contributed by atoms with Gasteiger partial charge in [0.2, 0.25) is 0 Å². The minimum atomic E-state index is 0.698. The minimum Gasteiger partial charge on any atom is -0.377 e. The van der Waals surface area contributed by atoms with Crippen LogP contribution in [0.3, 0.4) is 0 Å². The summed E-state index contributed by atoms with van der Waals surface area (Å²) >= 11 is 0. The van der Waals surface area contributed by atoms with Crippen molar-refractivity contribution in [1.29, 1.82) is 0 Å². The molecule has 0 aliphatic heterocycles. The van der Waals surface area contributed by atoms with Crippen molar-refractivity contribution < 1.29 is 4.74 Å². The quantitative estimate of drug-likeness (QED) is 0.563. The zero-order valence-electron chi connectivity index (χ0n) is 14.7. The maximum atomic E-state index is 5.46. The predicted molar refractivity (Wildman–Crippen MR) is 102 cm³/mol. The monoisotopic (exact) mass is 320 g/mol. The van der Waals surface area contributed by atoms with Crippen molar-refractivity contribution in [3.63, 3.8) is 0 Å². The van der Waals surface area contributed by atoms with E-state index in [0.29, 0.717) is 6.61 Å². The summed E-state index contributed by atoms with van der Waals surface area (Å²) in [5.74, 6) is 1.46. The number of hydrogen-bond donors (Lipinski definition) is 0. The van der Waals surface area contributed by atoms with Crippen molar-refractivity contribution in [3.8, 4) is 11.1 Å². The topological polar surface area (TPSA) is 9.23 Å². The van der Waals surface area contributed by atoms with Crippen LogP contribution < -0.4 is 0 Å². The molecule has 2 aromatic carbocycles. The van der Waals surface area contributed by atoms with E-state index in [1.165, 1.54) is 47.9 Å². The fourth-order valence-electron chi connectivity index (χ4n) is 3.65. The Bertz CT molecular complexity index is 631. The second kappa shape index (κ2) is 8.30. The average molecular weight is 320 g/mol. The van der Waals surface area contributed by atoms with Crippen molar-refractivity contribution in [2.45, 2.75) is 45.1 Å². The molecule has 1 nitrogen and oxygen atoms in total. The summed E-state index contributed by atoms with van der Waals surface area (Å²) in [6.45, 7) is 7.43. The van der Waals surface area contributed by atoms with Gasteiger partial charge in [-0.2, -0.15) is 0 Å². The van der Waals surface area contributed by atoms with Crippen LogP contribution in [0.2, 0.25) is 0 Å². The molecule has 0 unspecified atom stereocenters. The highest BCUT2D eigenvalue weighted by Gasteiger charge is 2.20. The van der Waals surface area contributed by atoms with E-state index in [2.05, 4.69) is 61.2 Å². The lowest BCUT2D eigenvalue weighted by atomic mass is 9.78. The van der Waals surface area contributed by atoms with Crippen LogP contribution in [-0.4, -0.2) is 6.61 Å². The molecule has 1 saturated carbocycles.